The molecule has 2 amide bonds. The number of hydrogen-bond acceptors (Lipinski definition) is 4. The Bertz CT molecular complexity index is 1210. The second-order valence-electron chi connectivity index (χ2n) is 10.4. The lowest BCUT2D eigenvalue weighted by molar-refractivity contribution is -0.141. The molecule has 0 aliphatic carbocycles. The number of carbonyl (C=O) groups excluding carboxylic acids is 2. The average Bonchev–Trinajstić information content (AvgIpc) is 2.77. The number of carbonyl (C=O) groups is 2. The maximum absolute atomic E-state index is 13.8. The minimum absolute atomic E-state index is 0.0513. The first-order valence-corrected chi connectivity index (χ1v) is 14.8. The molecule has 0 aromatic heterocycles. The van der Waals surface area contributed by atoms with Crippen LogP contribution in [0, 0.1) is 0 Å². The van der Waals surface area contributed by atoms with Crippen molar-refractivity contribution in [2.45, 2.75) is 72.0 Å². The van der Waals surface area contributed by atoms with Crippen LogP contribution in [-0.4, -0.2) is 49.5 Å². The van der Waals surface area contributed by atoms with Crippen molar-refractivity contribution in [2.24, 2.45) is 0 Å². The lowest BCUT2D eigenvalue weighted by Gasteiger charge is -2.34. The second kappa shape index (κ2) is 12.5. The molecule has 0 saturated heterocycles. The van der Waals surface area contributed by atoms with Crippen LogP contribution in [0.15, 0.2) is 42.5 Å². The molecule has 37 heavy (non-hydrogen) atoms. The van der Waals surface area contributed by atoms with E-state index in [0.717, 1.165) is 16.1 Å². The Hall–Kier alpha value is -2.29. The summed E-state index contributed by atoms with van der Waals surface area (Å²) in [6.07, 6.45) is 1.39. The van der Waals surface area contributed by atoms with E-state index in [1.54, 1.807) is 37.3 Å². The molecular formula is C27H37Cl2N3O4S. The number of hydrogen-bond donors (Lipinski definition) is 1. The molecule has 0 radical (unpaired) electrons. The topological polar surface area (TPSA) is 86.8 Å². The number of halogens is 2. The molecule has 0 heterocycles. The van der Waals surface area contributed by atoms with Gasteiger partial charge in [-0.3, -0.25) is 13.9 Å². The predicted octanol–water partition coefficient (Wildman–Crippen LogP) is 5.60. The zero-order chi connectivity index (χ0) is 28.1. The molecule has 0 unspecified atom stereocenters. The number of benzene rings is 2. The number of anilines is 1. The van der Waals surface area contributed by atoms with Crippen LogP contribution in [0.3, 0.4) is 0 Å². The summed E-state index contributed by atoms with van der Waals surface area (Å²) in [6, 6.07) is 11.2. The van der Waals surface area contributed by atoms with Gasteiger partial charge in [-0.15, -0.1) is 0 Å². The van der Waals surface area contributed by atoms with Gasteiger partial charge in [-0.25, -0.2) is 8.42 Å². The van der Waals surface area contributed by atoms with Gasteiger partial charge >= 0.3 is 0 Å². The van der Waals surface area contributed by atoms with Gasteiger partial charge in [0.05, 0.1) is 22.0 Å². The molecule has 7 nitrogen and oxygen atoms in total. The minimum atomic E-state index is -3.80. The highest BCUT2D eigenvalue weighted by Crippen LogP contribution is 2.26. The van der Waals surface area contributed by atoms with Crippen LogP contribution < -0.4 is 9.62 Å². The third-order valence-electron chi connectivity index (χ3n) is 5.75. The van der Waals surface area contributed by atoms with Crippen LogP contribution >= 0.6 is 23.2 Å². The van der Waals surface area contributed by atoms with Crippen LogP contribution in [-0.2, 0) is 26.2 Å². The van der Waals surface area contributed by atoms with Crippen molar-refractivity contribution in [3.05, 3.63) is 63.6 Å². The molecule has 1 atom stereocenters. The summed E-state index contributed by atoms with van der Waals surface area (Å²) in [4.78, 5) is 28.4. The third kappa shape index (κ3) is 8.90. The Labute approximate surface area is 231 Å². The molecule has 2 aromatic rings. The number of rotatable bonds is 10. The fraction of sp³-hybridized carbons (Fsp3) is 0.481. The van der Waals surface area contributed by atoms with Crippen molar-refractivity contribution < 1.29 is 18.0 Å². The maximum Gasteiger partial charge on any atom is 0.244 e. The molecule has 0 aliphatic rings. The molecule has 0 aliphatic heterocycles. The van der Waals surface area contributed by atoms with Gasteiger partial charge in [-0.2, -0.15) is 0 Å². The van der Waals surface area contributed by atoms with Gasteiger partial charge in [-0.1, -0.05) is 62.2 Å². The standard InChI is InChI=1S/C27H37Cl2N3O4S/c1-8-24(26(34)30-27(4,5)6)31(16-19-9-14-22(28)23(29)15-19)25(33)17-32(37(7,35)36)21-12-10-20(11-13-21)18(2)3/h9-15,18,24H,8,16-17H2,1-7H3,(H,30,34)/t24-/m1/s1. The molecule has 1 N–H and O–H groups in total. The zero-order valence-electron chi connectivity index (χ0n) is 22.5. The summed E-state index contributed by atoms with van der Waals surface area (Å²) in [5, 5.41) is 3.62. The minimum Gasteiger partial charge on any atom is -0.350 e. The van der Waals surface area contributed by atoms with E-state index in [1.165, 1.54) is 4.90 Å². The Morgan fingerprint density at radius 2 is 1.59 bits per heavy atom. The fourth-order valence-electron chi connectivity index (χ4n) is 3.85. The third-order valence-corrected chi connectivity index (χ3v) is 7.63. The maximum atomic E-state index is 13.8. The highest BCUT2D eigenvalue weighted by Gasteiger charge is 2.33. The van der Waals surface area contributed by atoms with Crippen molar-refractivity contribution in [2.75, 3.05) is 17.1 Å². The average molecular weight is 571 g/mol. The van der Waals surface area contributed by atoms with Gasteiger partial charge in [0.2, 0.25) is 21.8 Å². The summed E-state index contributed by atoms with van der Waals surface area (Å²) >= 11 is 12.3. The molecule has 2 rings (SSSR count). The van der Waals surface area contributed by atoms with Crippen molar-refractivity contribution in [1.29, 1.82) is 0 Å². The summed E-state index contributed by atoms with van der Waals surface area (Å²) in [6.45, 7) is 11.1. The van der Waals surface area contributed by atoms with E-state index >= 15 is 0 Å². The summed E-state index contributed by atoms with van der Waals surface area (Å²) in [5.74, 6) is -0.563. The van der Waals surface area contributed by atoms with Crippen molar-refractivity contribution in [3.8, 4) is 0 Å². The molecule has 0 bridgehead atoms. The number of sulfonamides is 1. The van der Waals surface area contributed by atoms with Gasteiger partial charge in [0.1, 0.15) is 12.6 Å². The van der Waals surface area contributed by atoms with Crippen LogP contribution in [0.4, 0.5) is 5.69 Å². The summed E-state index contributed by atoms with van der Waals surface area (Å²) in [5.41, 5.74) is 1.58. The van der Waals surface area contributed by atoms with Crippen LogP contribution in [0.1, 0.15) is 65.0 Å². The van der Waals surface area contributed by atoms with E-state index in [9.17, 15) is 18.0 Å². The molecule has 2 aromatic carbocycles. The van der Waals surface area contributed by atoms with E-state index < -0.39 is 34.1 Å². The molecule has 0 fully saturated rings. The molecule has 204 valence electrons. The van der Waals surface area contributed by atoms with Gasteiger partial charge in [0.15, 0.2) is 0 Å². The van der Waals surface area contributed by atoms with E-state index in [2.05, 4.69) is 5.32 Å². The van der Waals surface area contributed by atoms with Crippen molar-refractivity contribution >= 4 is 50.7 Å². The first-order chi connectivity index (χ1) is 17.0. The monoisotopic (exact) mass is 569 g/mol. The van der Waals surface area contributed by atoms with Gasteiger partial charge in [0.25, 0.3) is 0 Å². The second-order valence-corrected chi connectivity index (χ2v) is 13.2. The van der Waals surface area contributed by atoms with Gasteiger partial charge < -0.3 is 10.2 Å². The zero-order valence-corrected chi connectivity index (χ0v) is 24.8. The highest BCUT2D eigenvalue weighted by molar-refractivity contribution is 7.92. The number of nitrogens with zero attached hydrogens (tertiary/aromatic N) is 2. The first kappa shape index (κ1) is 30.9. The Morgan fingerprint density at radius 3 is 2.05 bits per heavy atom. The Kier molecular flexibility index (Phi) is 10.5. The van der Waals surface area contributed by atoms with E-state index in [-0.39, 0.29) is 18.4 Å². The molecule has 0 spiro atoms. The van der Waals surface area contributed by atoms with Crippen molar-refractivity contribution in [3.63, 3.8) is 0 Å². The normalized spacial score (nSPS) is 12.8. The smallest absolute Gasteiger partial charge is 0.244 e. The lowest BCUT2D eigenvalue weighted by Crippen LogP contribution is -2.55. The van der Waals surface area contributed by atoms with Crippen LogP contribution in [0.2, 0.25) is 10.0 Å². The van der Waals surface area contributed by atoms with Crippen LogP contribution in [0.5, 0.6) is 0 Å². The summed E-state index contributed by atoms with van der Waals surface area (Å²) in [7, 11) is -3.80. The molecule has 0 saturated carbocycles. The van der Waals surface area contributed by atoms with E-state index in [1.807, 2.05) is 46.8 Å². The predicted molar refractivity (Wildman–Crippen MR) is 152 cm³/mol. The SMILES string of the molecule is CC[C@H](C(=O)NC(C)(C)C)N(Cc1ccc(Cl)c(Cl)c1)C(=O)CN(c1ccc(C(C)C)cc1)S(C)(=O)=O. The Balaban J connectivity index is 2.48. The fourth-order valence-corrected chi connectivity index (χ4v) is 5.02. The van der Waals surface area contributed by atoms with Crippen molar-refractivity contribution in [1.82, 2.24) is 10.2 Å². The van der Waals surface area contributed by atoms with E-state index in [4.69, 9.17) is 23.2 Å². The number of nitrogens with one attached hydrogen (secondary N) is 1. The molecule has 10 heteroatoms. The first-order valence-electron chi connectivity index (χ1n) is 12.2. The Morgan fingerprint density at radius 1 is 1.00 bits per heavy atom. The van der Waals surface area contributed by atoms with Gasteiger partial charge in [-0.05, 0) is 68.5 Å². The van der Waals surface area contributed by atoms with E-state index in [0.29, 0.717) is 27.7 Å². The summed E-state index contributed by atoms with van der Waals surface area (Å²) < 4.78 is 26.6. The number of amides is 2. The van der Waals surface area contributed by atoms with Crippen LogP contribution in [0.25, 0.3) is 0 Å². The largest absolute Gasteiger partial charge is 0.350 e. The molecular weight excluding hydrogens is 533 g/mol. The van der Waals surface area contributed by atoms with Gasteiger partial charge in [0, 0.05) is 12.1 Å². The highest BCUT2D eigenvalue weighted by atomic mass is 35.5. The quantitative estimate of drug-likeness (QED) is 0.403. The lowest BCUT2D eigenvalue weighted by atomic mass is 10.0.